The van der Waals surface area contributed by atoms with E-state index in [1.54, 1.807) is 12.1 Å². The van der Waals surface area contributed by atoms with Gasteiger partial charge in [0.2, 0.25) is 0 Å². The minimum atomic E-state index is -0.900. The predicted octanol–water partition coefficient (Wildman–Crippen LogP) is 2.97. The fourth-order valence-corrected chi connectivity index (χ4v) is 1.66. The van der Waals surface area contributed by atoms with Crippen LogP contribution in [0.15, 0.2) is 40.8 Å². The van der Waals surface area contributed by atoms with Gasteiger partial charge in [-0.15, -0.1) is 0 Å². The first-order valence-corrected chi connectivity index (χ1v) is 5.73. The van der Waals surface area contributed by atoms with E-state index in [4.69, 9.17) is 14.3 Å². The van der Waals surface area contributed by atoms with Crippen LogP contribution in [0, 0.1) is 0 Å². The second-order valence-electron chi connectivity index (χ2n) is 3.79. The van der Waals surface area contributed by atoms with Crippen LogP contribution in [-0.2, 0) is 11.2 Å². The van der Waals surface area contributed by atoms with E-state index in [1.807, 2.05) is 31.2 Å². The molecule has 4 nitrogen and oxygen atoms in total. The highest BCUT2D eigenvalue weighted by Crippen LogP contribution is 2.24. The van der Waals surface area contributed by atoms with E-state index in [9.17, 15) is 4.79 Å². The molecule has 1 N–H and O–H groups in total. The van der Waals surface area contributed by atoms with E-state index in [0.29, 0.717) is 18.1 Å². The molecule has 0 unspecified atom stereocenters. The summed E-state index contributed by atoms with van der Waals surface area (Å²) in [5.74, 6) is 1.02. The van der Waals surface area contributed by atoms with Gasteiger partial charge in [-0.25, -0.2) is 0 Å². The van der Waals surface area contributed by atoms with Crippen LogP contribution in [0.3, 0.4) is 0 Å². The van der Waals surface area contributed by atoms with Crippen molar-refractivity contribution in [1.82, 2.24) is 0 Å². The van der Waals surface area contributed by atoms with E-state index < -0.39 is 5.97 Å². The number of hydrogen-bond acceptors (Lipinski definition) is 3. The minimum absolute atomic E-state index is 0.100. The molecule has 0 spiro atoms. The molecule has 1 heterocycles. The Morgan fingerprint density at radius 2 is 1.94 bits per heavy atom. The zero-order valence-corrected chi connectivity index (χ0v) is 10.1. The third-order valence-corrected chi connectivity index (χ3v) is 2.44. The fourth-order valence-electron chi connectivity index (χ4n) is 1.66. The zero-order chi connectivity index (χ0) is 13.0. The number of benzene rings is 1. The van der Waals surface area contributed by atoms with Crippen LogP contribution in [-0.4, -0.2) is 17.7 Å². The van der Waals surface area contributed by atoms with E-state index >= 15 is 0 Å². The first-order valence-electron chi connectivity index (χ1n) is 5.73. The Balaban J connectivity index is 2.15. The smallest absolute Gasteiger partial charge is 0.311 e. The molecule has 0 fully saturated rings. The fraction of sp³-hybridized carbons (Fsp3) is 0.214. The number of aliphatic carboxylic acids is 1. The third-order valence-electron chi connectivity index (χ3n) is 2.44. The number of carbonyl (C=O) groups is 1. The van der Waals surface area contributed by atoms with Gasteiger partial charge in [0.25, 0.3) is 0 Å². The summed E-state index contributed by atoms with van der Waals surface area (Å²) >= 11 is 0. The van der Waals surface area contributed by atoms with Crippen LogP contribution in [0.2, 0.25) is 0 Å². The molecule has 0 amide bonds. The largest absolute Gasteiger partial charge is 0.494 e. The molecule has 1 aromatic carbocycles. The van der Waals surface area contributed by atoms with Crippen LogP contribution in [0.1, 0.15) is 12.7 Å². The quantitative estimate of drug-likeness (QED) is 0.881. The van der Waals surface area contributed by atoms with Crippen molar-refractivity contribution in [2.45, 2.75) is 13.3 Å². The molecule has 0 bridgehead atoms. The molecule has 2 aromatic rings. The summed E-state index contributed by atoms with van der Waals surface area (Å²) in [6.07, 6.45) is -0.100. The second-order valence-corrected chi connectivity index (χ2v) is 3.79. The van der Waals surface area contributed by atoms with Crippen molar-refractivity contribution in [3.8, 4) is 17.1 Å². The highest BCUT2D eigenvalue weighted by Gasteiger charge is 2.08. The van der Waals surface area contributed by atoms with Gasteiger partial charge in [-0.2, -0.15) is 0 Å². The molecule has 0 aliphatic heterocycles. The number of rotatable bonds is 5. The van der Waals surface area contributed by atoms with Crippen molar-refractivity contribution in [2.24, 2.45) is 0 Å². The minimum Gasteiger partial charge on any atom is -0.494 e. The lowest BCUT2D eigenvalue weighted by Gasteiger charge is -2.03. The van der Waals surface area contributed by atoms with Gasteiger partial charge in [-0.1, -0.05) is 0 Å². The Hall–Kier alpha value is -2.23. The lowest BCUT2D eigenvalue weighted by atomic mass is 10.2. The molecule has 94 valence electrons. The van der Waals surface area contributed by atoms with Crippen molar-refractivity contribution >= 4 is 5.97 Å². The number of furan rings is 1. The van der Waals surface area contributed by atoms with Crippen LogP contribution < -0.4 is 4.74 Å². The molecule has 0 atom stereocenters. The Morgan fingerprint density at radius 1 is 1.22 bits per heavy atom. The maximum atomic E-state index is 10.6. The standard InChI is InChI=1S/C14H14O4/c1-2-17-11-5-3-10(4-6-11)13-8-7-12(18-13)9-14(15)16/h3-8H,2,9H2,1H3,(H,15,16). The van der Waals surface area contributed by atoms with E-state index in [0.717, 1.165) is 11.3 Å². The SMILES string of the molecule is CCOc1ccc(-c2ccc(CC(=O)O)o2)cc1. The van der Waals surface area contributed by atoms with E-state index in [-0.39, 0.29) is 6.42 Å². The Morgan fingerprint density at radius 3 is 2.56 bits per heavy atom. The van der Waals surface area contributed by atoms with Gasteiger partial charge in [-0.05, 0) is 43.3 Å². The number of carboxylic acid groups (broad SMARTS) is 1. The van der Waals surface area contributed by atoms with Crippen molar-refractivity contribution in [3.63, 3.8) is 0 Å². The first kappa shape index (κ1) is 12.2. The lowest BCUT2D eigenvalue weighted by molar-refractivity contribution is -0.136. The number of ether oxygens (including phenoxy) is 1. The number of carboxylic acids is 1. The summed E-state index contributed by atoms with van der Waals surface area (Å²) in [4.78, 5) is 10.6. The summed E-state index contributed by atoms with van der Waals surface area (Å²) in [6.45, 7) is 2.56. The molecule has 0 aliphatic rings. The molecule has 2 rings (SSSR count). The topological polar surface area (TPSA) is 59.7 Å². The van der Waals surface area contributed by atoms with Gasteiger partial charge >= 0.3 is 5.97 Å². The lowest BCUT2D eigenvalue weighted by Crippen LogP contribution is -1.97. The van der Waals surface area contributed by atoms with E-state index in [2.05, 4.69) is 0 Å². The molecule has 0 aliphatic carbocycles. The normalized spacial score (nSPS) is 10.3. The highest BCUT2D eigenvalue weighted by atomic mass is 16.5. The van der Waals surface area contributed by atoms with Gasteiger partial charge in [0.05, 0.1) is 6.61 Å². The predicted molar refractivity (Wildman–Crippen MR) is 66.7 cm³/mol. The van der Waals surface area contributed by atoms with Gasteiger partial charge in [-0.3, -0.25) is 4.79 Å². The monoisotopic (exact) mass is 246 g/mol. The molecule has 0 saturated heterocycles. The molecular formula is C14H14O4. The van der Waals surface area contributed by atoms with Gasteiger partial charge in [0.1, 0.15) is 23.7 Å². The molecular weight excluding hydrogens is 232 g/mol. The molecule has 1 aromatic heterocycles. The number of hydrogen-bond donors (Lipinski definition) is 1. The average molecular weight is 246 g/mol. The Labute approximate surface area is 105 Å². The maximum Gasteiger partial charge on any atom is 0.311 e. The molecule has 18 heavy (non-hydrogen) atoms. The first-order chi connectivity index (χ1) is 8.69. The van der Waals surface area contributed by atoms with Gasteiger partial charge in [0, 0.05) is 5.56 Å². The Kier molecular flexibility index (Phi) is 3.67. The molecule has 0 saturated carbocycles. The van der Waals surface area contributed by atoms with Crippen molar-refractivity contribution in [1.29, 1.82) is 0 Å². The van der Waals surface area contributed by atoms with Crippen LogP contribution in [0.5, 0.6) is 5.75 Å². The van der Waals surface area contributed by atoms with Crippen molar-refractivity contribution in [2.75, 3.05) is 6.61 Å². The summed E-state index contributed by atoms with van der Waals surface area (Å²) in [5.41, 5.74) is 0.898. The van der Waals surface area contributed by atoms with Crippen LogP contribution >= 0.6 is 0 Å². The maximum absolute atomic E-state index is 10.6. The summed E-state index contributed by atoms with van der Waals surface area (Å²) in [6, 6.07) is 10.9. The zero-order valence-electron chi connectivity index (χ0n) is 10.1. The molecule has 4 heteroatoms. The summed E-state index contributed by atoms with van der Waals surface area (Å²) in [5, 5.41) is 8.67. The third kappa shape index (κ3) is 2.91. The van der Waals surface area contributed by atoms with Gasteiger partial charge < -0.3 is 14.3 Å². The van der Waals surface area contributed by atoms with Crippen molar-refractivity contribution < 1.29 is 19.1 Å². The second kappa shape index (κ2) is 5.40. The summed E-state index contributed by atoms with van der Waals surface area (Å²) in [7, 11) is 0. The highest BCUT2D eigenvalue weighted by molar-refractivity contribution is 5.70. The van der Waals surface area contributed by atoms with Gasteiger partial charge in [0.15, 0.2) is 0 Å². The summed E-state index contributed by atoms with van der Waals surface area (Å²) < 4.78 is 10.8. The van der Waals surface area contributed by atoms with Crippen LogP contribution in [0.4, 0.5) is 0 Å². The van der Waals surface area contributed by atoms with Crippen LogP contribution in [0.25, 0.3) is 11.3 Å². The Bertz CT molecular complexity index is 525. The van der Waals surface area contributed by atoms with E-state index in [1.165, 1.54) is 0 Å². The molecule has 0 radical (unpaired) electrons. The average Bonchev–Trinajstić information content (AvgIpc) is 2.78. The van der Waals surface area contributed by atoms with Crippen molar-refractivity contribution in [3.05, 3.63) is 42.2 Å².